The van der Waals surface area contributed by atoms with Crippen LogP contribution in [0.4, 0.5) is 0 Å². The van der Waals surface area contributed by atoms with Gasteiger partial charge in [-0.3, -0.25) is 10.1 Å². The fraction of sp³-hybridized carbons (Fsp3) is 0.261. The van der Waals surface area contributed by atoms with Crippen molar-refractivity contribution in [2.24, 2.45) is 0 Å². The topological polar surface area (TPSA) is 41.1 Å². The maximum Gasteiger partial charge on any atom is 0.234 e. The van der Waals surface area contributed by atoms with Gasteiger partial charge in [-0.05, 0) is 41.5 Å². The van der Waals surface area contributed by atoms with Gasteiger partial charge in [-0.2, -0.15) is 0 Å². The van der Waals surface area contributed by atoms with Crippen molar-refractivity contribution in [2.45, 2.75) is 32.4 Å². The number of hydrogen-bond donors (Lipinski definition) is 2. The molecular weight excluding hydrogens is 352 g/mol. The Morgan fingerprint density at radius 1 is 0.963 bits per heavy atom. The average molecular weight is 379 g/mol. The molecule has 0 saturated heterocycles. The van der Waals surface area contributed by atoms with Crippen molar-refractivity contribution in [3.8, 4) is 0 Å². The summed E-state index contributed by atoms with van der Waals surface area (Å²) in [5.74, 6) is -0.00177. The van der Waals surface area contributed by atoms with Crippen molar-refractivity contribution in [2.75, 3.05) is 6.54 Å². The standard InChI is InChI=1S/C23H26N2OS/c1-3-18-11-13-20(14-12-18)23(21-10-7-15-27-21)24-16-22(26)25-17(2)19-8-5-4-6-9-19/h4-15,17,23-24H,3,16H2,1-2H3,(H,25,26)/t17-,23-/m0/s1. The number of amides is 1. The predicted octanol–water partition coefficient (Wildman–Crippen LogP) is 4.87. The van der Waals surface area contributed by atoms with Crippen molar-refractivity contribution < 1.29 is 4.79 Å². The molecule has 0 bridgehead atoms. The highest BCUT2D eigenvalue weighted by Gasteiger charge is 2.17. The second kappa shape index (κ2) is 9.49. The number of aryl methyl sites for hydroxylation is 1. The first kappa shape index (κ1) is 19.3. The van der Waals surface area contributed by atoms with E-state index in [1.165, 1.54) is 16.0 Å². The van der Waals surface area contributed by atoms with E-state index in [-0.39, 0.29) is 24.5 Å². The number of rotatable bonds is 8. The van der Waals surface area contributed by atoms with Crippen molar-refractivity contribution in [3.63, 3.8) is 0 Å². The lowest BCUT2D eigenvalue weighted by atomic mass is 10.0. The van der Waals surface area contributed by atoms with Crippen LogP contribution in [0.25, 0.3) is 0 Å². The van der Waals surface area contributed by atoms with Gasteiger partial charge in [-0.25, -0.2) is 0 Å². The molecule has 1 aromatic heterocycles. The zero-order valence-electron chi connectivity index (χ0n) is 15.8. The van der Waals surface area contributed by atoms with E-state index >= 15 is 0 Å². The summed E-state index contributed by atoms with van der Waals surface area (Å²) in [5.41, 5.74) is 3.60. The zero-order chi connectivity index (χ0) is 19.1. The molecule has 2 aromatic carbocycles. The van der Waals surface area contributed by atoms with E-state index in [1.807, 2.05) is 43.3 Å². The molecule has 0 aliphatic heterocycles. The molecular formula is C23H26N2OS. The van der Waals surface area contributed by atoms with Gasteiger partial charge in [0, 0.05) is 4.88 Å². The number of thiophene rings is 1. The van der Waals surface area contributed by atoms with Crippen LogP contribution in [-0.4, -0.2) is 12.5 Å². The molecule has 3 rings (SSSR count). The van der Waals surface area contributed by atoms with E-state index < -0.39 is 0 Å². The lowest BCUT2D eigenvalue weighted by molar-refractivity contribution is -0.121. The largest absolute Gasteiger partial charge is 0.348 e. The van der Waals surface area contributed by atoms with E-state index in [0.29, 0.717) is 0 Å². The minimum absolute atomic E-state index is 0.00177. The Balaban J connectivity index is 1.65. The molecule has 1 heterocycles. The Morgan fingerprint density at radius 3 is 2.33 bits per heavy atom. The minimum atomic E-state index is -0.00970. The van der Waals surface area contributed by atoms with Crippen molar-refractivity contribution in [1.29, 1.82) is 0 Å². The summed E-state index contributed by atoms with van der Waals surface area (Å²) in [6, 6.07) is 22.8. The number of hydrogen-bond acceptors (Lipinski definition) is 3. The highest BCUT2D eigenvalue weighted by Crippen LogP contribution is 2.26. The Kier molecular flexibility index (Phi) is 6.80. The van der Waals surface area contributed by atoms with Gasteiger partial charge < -0.3 is 5.32 Å². The fourth-order valence-corrected chi connectivity index (χ4v) is 3.92. The van der Waals surface area contributed by atoms with Gasteiger partial charge in [0.1, 0.15) is 0 Å². The number of carbonyl (C=O) groups is 1. The van der Waals surface area contributed by atoms with Gasteiger partial charge in [0.15, 0.2) is 0 Å². The third kappa shape index (κ3) is 5.28. The summed E-state index contributed by atoms with van der Waals surface area (Å²) in [4.78, 5) is 13.7. The highest BCUT2D eigenvalue weighted by molar-refractivity contribution is 7.10. The maximum absolute atomic E-state index is 12.5. The molecule has 1 amide bonds. The molecule has 0 aliphatic carbocycles. The minimum Gasteiger partial charge on any atom is -0.348 e. The average Bonchev–Trinajstić information content (AvgIpc) is 3.24. The van der Waals surface area contributed by atoms with Gasteiger partial charge in [-0.1, -0.05) is 67.6 Å². The first-order valence-corrected chi connectivity index (χ1v) is 10.2. The Labute approximate surface area is 165 Å². The number of benzene rings is 2. The van der Waals surface area contributed by atoms with Crippen molar-refractivity contribution in [1.82, 2.24) is 10.6 Å². The summed E-state index contributed by atoms with van der Waals surface area (Å²) in [6.07, 6.45) is 1.02. The van der Waals surface area contributed by atoms with E-state index in [9.17, 15) is 4.79 Å². The number of carbonyl (C=O) groups excluding carboxylic acids is 1. The summed E-state index contributed by atoms with van der Waals surface area (Å²) >= 11 is 1.70. The SMILES string of the molecule is CCc1ccc([C@H](NCC(=O)N[C@@H](C)c2ccccc2)c2cccs2)cc1. The molecule has 4 heteroatoms. The monoisotopic (exact) mass is 378 g/mol. The summed E-state index contributed by atoms with van der Waals surface area (Å²) in [6.45, 7) is 4.44. The molecule has 2 N–H and O–H groups in total. The molecule has 3 aromatic rings. The normalized spacial score (nSPS) is 13.1. The lowest BCUT2D eigenvalue weighted by Crippen LogP contribution is -2.37. The highest BCUT2D eigenvalue weighted by atomic mass is 32.1. The van der Waals surface area contributed by atoms with E-state index in [2.05, 4.69) is 53.3 Å². The third-order valence-corrected chi connectivity index (χ3v) is 5.63. The van der Waals surface area contributed by atoms with E-state index in [1.54, 1.807) is 11.3 Å². The Bertz CT molecular complexity index is 829. The molecule has 0 radical (unpaired) electrons. The van der Waals surface area contributed by atoms with Crippen LogP contribution in [0.3, 0.4) is 0 Å². The lowest BCUT2D eigenvalue weighted by Gasteiger charge is -2.20. The van der Waals surface area contributed by atoms with Crippen molar-refractivity contribution in [3.05, 3.63) is 93.7 Å². The van der Waals surface area contributed by atoms with Crippen LogP contribution in [0.5, 0.6) is 0 Å². The molecule has 27 heavy (non-hydrogen) atoms. The van der Waals surface area contributed by atoms with Gasteiger partial charge in [0.05, 0.1) is 18.6 Å². The van der Waals surface area contributed by atoms with E-state index in [4.69, 9.17) is 0 Å². The molecule has 140 valence electrons. The van der Waals surface area contributed by atoms with Gasteiger partial charge in [0.2, 0.25) is 5.91 Å². The van der Waals surface area contributed by atoms with Gasteiger partial charge in [-0.15, -0.1) is 11.3 Å². The van der Waals surface area contributed by atoms with Crippen LogP contribution in [-0.2, 0) is 11.2 Å². The summed E-state index contributed by atoms with van der Waals surface area (Å²) < 4.78 is 0. The van der Waals surface area contributed by atoms with Crippen LogP contribution in [0.15, 0.2) is 72.1 Å². The molecule has 3 nitrogen and oxygen atoms in total. The van der Waals surface area contributed by atoms with Crippen LogP contribution >= 0.6 is 11.3 Å². The van der Waals surface area contributed by atoms with Crippen LogP contribution in [0, 0.1) is 0 Å². The summed E-state index contributed by atoms with van der Waals surface area (Å²) in [5, 5.41) is 8.57. The van der Waals surface area contributed by atoms with Gasteiger partial charge in [0.25, 0.3) is 0 Å². The predicted molar refractivity (Wildman–Crippen MR) is 113 cm³/mol. The fourth-order valence-electron chi connectivity index (χ4n) is 3.10. The third-order valence-electron chi connectivity index (χ3n) is 4.69. The van der Waals surface area contributed by atoms with Crippen LogP contribution in [0.1, 0.15) is 47.5 Å². The van der Waals surface area contributed by atoms with Gasteiger partial charge >= 0.3 is 0 Å². The molecule has 0 spiro atoms. The second-order valence-corrected chi connectivity index (χ2v) is 7.60. The molecule has 0 fully saturated rings. The van der Waals surface area contributed by atoms with Crippen LogP contribution < -0.4 is 10.6 Å². The first-order valence-electron chi connectivity index (χ1n) is 9.37. The Hall–Kier alpha value is -2.43. The zero-order valence-corrected chi connectivity index (χ0v) is 16.6. The van der Waals surface area contributed by atoms with Crippen LogP contribution in [0.2, 0.25) is 0 Å². The Morgan fingerprint density at radius 2 is 1.70 bits per heavy atom. The second-order valence-electron chi connectivity index (χ2n) is 6.62. The quantitative estimate of drug-likeness (QED) is 0.587. The smallest absolute Gasteiger partial charge is 0.234 e. The summed E-state index contributed by atoms with van der Waals surface area (Å²) in [7, 11) is 0. The van der Waals surface area contributed by atoms with E-state index in [0.717, 1.165) is 12.0 Å². The molecule has 0 aliphatic rings. The molecule has 2 atom stereocenters. The molecule has 0 saturated carbocycles. The van der Waals surface area contributed by atoms with Crippen molar-refractivity contribution >= 4 is 17.2 Å². The molecule has 0 unspecified atom stereocenters. The number of nitrogens with one attached hydrogen (secondary N) is 2. The maximum atomic E-state index is 12.5. The first-order chi connectivity index (χ1) is 13.2.